The summed E-state index contributed by atoms with van der Waals surface area (Å²) >= 11 is 0. The second kappa shape index (κ2) is 5.38. The molecule has 2 heterocycles. The van der Waals surface area contributed by atoms with Crippen molar-refractivity contribution in [1.82, 2.24) is 10.3 Å². The molecular formula is C14H18N2O4. The average molecular weight is 278 g/mol. The van der Waals surface area contributed by atoms with Crippen LogP contribution in [0.5, 0.6) is 0 Å². The minimum Gasteiger partial charge on any atom is -0.349 e. The van der Waals surface area contributed by atoms with Gasteiger partial charge in [0.05, 0.1) is 13.2 Å². The summed E-state index contributed by atoms with van der Waals surface area (Å²) in [5.74, 6) is -0.869. The highest BCUT2D eigenvalue weighted by molar-refractivity contribution is 5.93. The predicted octanol–water partition coefficient (Wildman–Crippen LogP) is 0.790. The van der Waals surface area contributed by atoms with Crippen LogP contribution in [0.1, 0.15) is 36.0 Å². The third kappa shape index (κ3) is 2.62. The van der Waals surface area contributed by atoms with E-state index in [1.807, 2.05) is 0 Å². The maximum Gasteiger partial charge on any atom is 0.260 e. The van der Waals surface area contributed by atoms with E-state index in [-0.39, 0.29) is 23.1 Å². The Kier molecular flexibility index (Phi) is 3.58. The fraction of sp³-hybridized carbons (Fsp3) is 0.571. The highest BCUT2D eigenvalue weighted by Gasteiger charge is 2.41. The number of amides is 1. The number of carbonyl (C=O) groups excluding carboxylic acids is 1. The maximum absolute atomic E-state index is 12.1. The number of rotatable bonds is 2. The van der Waals surface area contributed by atoms with Crippen LogP contribution in [0.25, 0.3) is 0 Å². The van der Waals surface area contributed by atoms with Gasteiger partial charge in [-0.3, -0.25) is 9.59 Å². The van der Waals surface area contributed by atoms with E-state index in [9.17, 15) is 9.59 Å². The number of ether oxygens (including phenoxy) is 2. The molecule has 1 aliphatic heterocycles. The summed E-state index contributed by atoms with van der Waals surface area (Å²) < 4.78 is 11.4. The number of aromatic nitrogens is 1. The molecule has 20 heavy (non-hydrogen) atoms. The van der Waals surface area contributed by atoms with Crippen molar-refractivity contribution in [2.75, 3.05) is 13.2 Å². The normalized spacial score (nSPS) is 24.7. The lowest BCUT2D eigenvalue weighted by Gasteiger charge is -2.36. The molecule has 1 aromatic heterocycles. The van der Waals surface area contributed by atoms with Gasteiger partial charge in [-0.25, -0.2) is 0 Å². The molecule has 1 saturated heterocycles. The summed E-state index contributed by atoms with van der Waals surface area (Å²) in [6.07, 6.45) is 4.84. The fourth-order valence-electron chi connectivity index (χ4n) is 2.94. The third-order valence-electron chi connectivity index (χ3n) is 3.88. The first-order valence-corrected chi connectivity index (χ1v) is 6.95. The number of hydrogen-bond acceptors (Lipinski definition) is 4. The van der Waals surface area contributed by atoms with Crippen molar-refractivity contribution in [3.05, 3.63) is 34.2 Å². The van der Waals surface area contributed by atoms with Gasteiger partial charge < -0.3 is 19.8 Å². The number of nitrogens with one attached hydrogen (secondary N) is 2. The molecule has 3 rings (SSSR count). The molecule has 1 amide bonds. The van der Waals surface area contributed by atoms with E-state index in [1.165, 1.54) is 12.3 Å². The smallest absolute Gasteiger partial charge is 0.260 e. The van der Waals surface area contributed by atoms with Crippen LogP contribution in [0.15, 0.2) is 23.1 Å². The molecular weight excluding hydrogens is 260 g/mol. The van der Waals surface area contributed by atoms with Gasteiger partial charge in [-0.15, -0.1) is 0 Å². The van der Waals surface area contributed by atoms with Crippen LogP contribution in [-0.4, -0.2) is 35.9 Å². The number of aromatic amines is 1. The Balaban J connectivity index is 1.67. The molecule has 1 aromatic rings. The molecule has 2 N–H and O–H groups in total. The molecule has 1 unspecified atom stereocenters. The number of H-pyrrole nitrogens is 1. The third-order valence-corrected chi connectivity index (χ3v) is 3.88. The van der Waals surface area contributed by atoms with Gasteiger partial charge in [-0.05, 0) is 25.0 Å². The zero-order chi connectivity index (χ0) is 14.0. The largest absolute Gasteiger partial charge is 0.349 e. The quantitative estimate of drug-likeness (QED) is 0.838. The molecule has 1 atom stereocenters. The van der Waals surface area contributed by atoms with Gasteiger partial charge in [0.2, 0.25) is 0 Å². The molecule has 1 aliphatic carbocycles. The SMILES string of the molecule is O=C(NC1CCCC2(C1)OCCO2)c1ccc[nH]c1=O. The molecule has 1 spiro atoms. The Hall–Kier alpha value is -1.66. The first-order valence-electron chi connectivity index (χ1n) is 6.95. The van der Waals surface area contributed by atoms with Crippen LogP contribution in [-0.2, 0) is 9.47 Å². The second-order valence-electron chi connectivity index (χ2n) is 5.29. The van der Waals surface area contributed by atoms with E-state index >= 15 is 0 Å². The van der Waals surface area contributed by atoms with Crippen LogP contribution in [0.3, 0.4) is 0 Å². The number of carbonyl (C=O) groups is 1. The van der Waals surface area contributed by atoms with Crippen LogP contribution in [0, 0.1) is 0 Å². The van der Waals surface area contributed by atoms with Crippen LogP contribution >= 0.6 is 0 Å². The van der Waals surface area contributed by atoms with Crippen molar-refractivity contribution in [3.63, 3.8) is 0 Å². The van der Waals surface area contributed by atoms with Gasteiger partial charge >= 0.3 is 0 Å². The van der Waals surface area contributed by atoms with Gasteiger partial charge in [-0.1, -0.05) is 0 Å². The van der Waals surface area contributed by atoms with E-state index in [4.69, 9.17) is 9.47 Å². The highest BCUT2D eigenvalue weighted by Crippen LogP contribution is 2.35. The molecule has 2 aliphatic rings. The summed E-state index contributed by atoms with van der Waals surface area (Å²) in [5.41, 5.74) is -0.232. The van der Waals surface area contributed by atoms with Crippen LogP contribution in [0.4, 0.5) is 0 Å². The summed E-state index contributed by atoms with van der Waals surface area (Å²) in [4.78, 5) is 26.2. The molecule has 0 bridgehead atoms. The standard InChI is InChI=1S/C14H18N2O4/c17-12-11(4-2-6-15-12)13(18)16-10-3-1-5-14(9-10)19-7-8-20-14/h2,4,6,10H,1,3,5,7-9H2,(H,15,17)(H,16,18). The van der Waals surface area contributed by atoms with Gasteiger partial charge in [0.15, 0.2) is 5.79 Å². The molecule has 108 valence electrons. The summed E-state index contributed by atoms with van der Waals surface area (Å²) in [6.45, 7) is 1.22. The number of pyridine rings is 1. The minimum absolute atomic E-state index is 0.0195. The summed E-state index contributed by atoms with van der Waals surface area (Å²) in [7, 11) is 0. The monoisotopic (exact) mass is 278 g/mol. The predicted molar refractivity (Wildman–Crippen MR) is 71.4 cm³/mol. The molecule has 0 radical (unpaired) electrons. The molecule has 1 saturated carbocycles. The van der Waals surface area contributed by atoms with Crippen LogP contribution < -0.4 is 10.9 Å². The van der Waals surface area contributed by atoms with E-state index < -0.39 is 5.79 Å². The van der Waals surface area contributed by atoms with Crippen molar-refractivity contribution in [2.45, 2.75) is 37.5 Å². The lowest BCUT2D eigenvalue weighted by molar-refractivity contribution is -0.181. The Labute approximate surface area is 116 Å². The van der Waals surface area contributed by atoms with Crippen molar-refractivity contribution in [3.8, 4) is 0 Å². The van der Waals surface area contributed by atoms with Crippen molar-refractivity contribution < 1.29 is 14.3 Å². The lowest BCUT2D eigenvalue weighted by atomic mass is 9.89. The fourth-order valence-corrected chi connectivity index (χ4v) is 2.94. The second-order valence-corrected chi connectivity index (χ2v) is 5.29. The van der Waals surface area contributed by atoms with E-state index in [2.05, 4.69) is 10.3 Å². The molecule has 2 fully saturated rings. The first-order chi connectivity index (χ1) is 9.69. The maximum atomic E-state index is 12.1. The Morgan fingerprint density at radius 3 is 2.95 bits per heavy atom. The van der Waals surface area contributed by atoms with Gasteiger partial charge in [0, 0.05) is 25.1 Å². The molecule has 0 aromatic carbocycles. The van der Waals surface area contributed by atoms with Crippen molar-refractivity contribution in [1.29, 1.82) is 0 Å². The summed E-state index contributed by atoms with van der Waals surface area (Å²) in [6, 6.07) is 3.14. The zero-order valence-electron chi connectivity index (χ0n) is 11.2. The van der Waals surface area contributed by atoms with Gasteiger partial charge in [-0.2, -0.15) is 0 Å². The zero-order valence-corrected chi connectivity index (χ0v) is 11.2. The van der Waals surface area contributed by atoms with Crippen molar-refractivity contribution >= 4 is 5.91 Å². The topological polar surface area (TPSA) is 80.4 Å². The summed E-state index contributed by atoms with van der Waals surface area (Å²) in [5, 5.41) is 2.91. The van der Waals surface area contributed by atoms with Crippen LogP contribution in [0.2, 0.25) is 0 Å². The number of hydrogen-bond donors (Lipinski definition) is 2. The molecule has 6 heteroatoms. The Morgan fingerprint density at radius 2 is 2.20 bits per heavy atom. The Morgan fingerprint density at radius 1 is 1.40 bits per heavy atom. The van der Waals surface area contributed by atoms with E-state index in [0.717, 1.165) is 19.3 Å². The van der Waals surface area contributed by atoms with Gasteiger partial charge in [0.1, 0.15) is 5.56 Å². The van der Waals surface area contributed by atoms with Crippen molar-refractivity contribution in [2.24, 2.45) is 0 Å². The minimum atomic E-state index is -0.528. The lowest BCUT2D eigenvalue weighted by Crippen LogP contribution is -2.47. The average Bonchev–Trinajstić information content (AvgIpc) is 2.87. The first kappa shape index (κ1) is 13.3. The van der Waals surface area contributed by atoms with E-state index in [0.29, 0.717) is 19.6 Å². The van der Waals surface area contributed by atoms with E-state index in [1.54, 1.807) is 6.07 Å². The molecule has 6 nitrogen and oxygen atoms in total. The van der Waals surface area contributed by atoms with Gasteiger partial charge in [0.25, 0.3) is 11.5 Å². The highest BCUT2D eigenvalue weighted by atomic mass is 16.7. The Bertz CT molecular complexity index is 548.